The number of nitrogens with one attached hydrogen (secondary N) is 1. The highest BCUT2D eigenvalue weighted by Gasteiger charge is 2.29. The first-order valence-electron chi connectivity index (χ1n) is 9.54. The molecular weight excluding hydrogens is 394 g/mol. The summed E-state index contributed by atoms with van der Waals surface area (Å²) in [6, 6.07) is 13.7. The Labute approximate surface area is 171 Å². The van der Waals surface area contributed by atoms with E-state index in [2.05, 4.69) is 17.4 Å². The number of aryl methyl sites for hydroxylation is 1. The molecule has 1 N–H and O–H groups in total. The summed E-state index contributed by atoms with van der Waals surface area (Å²) >= 11 is 1.24. The summed E-state index contributed by atoms with van der Waals surface area (Å²) in [5.41, 5.74) is 1.27. The first kappa shape index (κ1) is 21.0. The van der Waals surface area contributed by atoms with Gasteiger partial charge in [0.2, 0.25) is 5.91 Å². The van der Waals surface area contributed by atoms with Crippen molar-refractivity contribution in [3.05, 3.63) is 53.4 Å². The van der Waals surface area contributed by atoms with E-state index in [4.69, 9.17) is 0 Å². The van der Waals surface area contributed by atoms with Crippen molar-refractivity contribution in [2.45, 2.75) is 30.0 Å². The van der Waals surface area contributed by atoms with Crippen molar-refractivity contribution in [3.63, 3.8) is 0 Å². The van der Waals surface area contributed by atoms with Gasteiger partial charge in [-0.2, -0.15) is 4.31 Å². The van der Waals surface area contributed by atoms with Crippen molar-refractivity contribution >= 4 is 27.3 Å². The number of thiophene rings is 1. The molecule has 0 aliphatic carbocycles. The number of carbonyl (C=O) groups excluding carboxylic acids is 1. The lowest BCUT2D eigenvalue weighted by Crippen LogP contribution is -2.51. The molecule has 0 saturated carbocycles. The fourth-order valence-electron chi connectivity index (χ4n) is 3.29. The number of piperazine rings is 1. The minimum Gasteiger partial charge on any atom is -0.353 e. The Hall–Kier alpha value is -1.74. The van der Waals surface area contributed by atoms with Crippen molar-refractivity contribution in [1.29, 1.82) is 0 Å². The van der Waals surface area contributed by atoms with Crippen LogP contribution in [-0.2, 0) is 21.2 Å². The largest absolute Gasteiger partial charge is 0.353 e. The Bertz CT molecular complexity index is 846. The Balaban J connectivity index is 1.40. The van der Waals surface area contributed by atoms with Crippen LogP contribution in [0.15, 0.2) is 52.1 Å². The monoisotopic (exact) mass is 421 g/mol. The van der Waals surface area contributed by atoms with E-state index < -0.39 is 10.0 Å². The molecule has 1 aromatic carbocycles. The maximum atomic E-state index is 12.6. The van der Waals surface area contributed by atoms with Gasteiger partial charge in [-0.05, 0) is 36.8 Å². The molecule has 1 amide bonds. The van der Waals surface area contributed by atoms with Crippen LogP contribution in [0.3, 0.4) is 0 Å². The van der Waals surface area contributed by atoms with Crippen LogP contribution < -0.4 is 5.32 Å². The summed E-state index contributed by atoms with van der Waals surface area (Å²) < 4.78 is 27.0. The van der Waals surface area contributed by atoms with Crippen LogP contribution in [-0.4, -0.2) is 62.3 Å². The van der Waals surface area contributed by atoms with Crippen LogP contribution in [0, 0.1) is 0 Å². The first-order chi connectivity index (χ1) is 13.4. The predicted octanol–water partition coefficient (Wildman–Crippen LogP) is 2.19. The molecule has 152 valence electrons. The molecule has 1 atom stereocenters. The number of hydrogen-bond donors (Lipinski definition) is 1. The topological polar surface area (TPSA) is 69.7 Å². The Kier molecular flexibility index (Phi) is 7.23. The average Bonchev–Trinajstić information content (AvgIpc) is 3.23. The molecule has 28 heavy (non-hydrogen) atoms. The van der Waals surface area contributed by atoms with Gasteiger partial charge in [0.15, 0.2) is 0 Å². The molecule has 8 heteroatoms. The van der Waals surface area contributed by atoms with Gasteiger partial charge in [0, 0.05) is 32.2 Å². The lowest BCUT2D eigenvalue weighted by atomic mass is 10.1. The van der Waals surface area contributed by atoms with Gasteiger partial charge in [-0.1, -0.05) is 36.4 Å². The third-order valence-electron chi connectivity index (χ3n) is 4.90. The van der Waals surface area contributed by atoms with E-state index in [1.54, 1.807) is 17.5 Å². The summed E-state index contributed by atoms with van der Waals surface area (Å²) in [4.78, 5) is 14.3. The fraction of sp³-hybridized carbons (Fsp3) is 0.450. The van der Waals surface area contributed by atoms with Gasteiger partial charge in [-0.15, -0.1) is 11.3 Å². The number of sulfonamides is 1. The van der Waals surface area contributed by atoms with Gasteiger partial charge >= 0.3 is 0 Å². The Morgan fingerprint density at radius 2 is 1.82 bits per heavy atom. The molecule has 1 aliphatic heterocycles. The molecule has 2 heterocycles. The van der Waals surface area contributed by atoms with E-state index in [1.165, 1.54) is 21.2 Å². The zero-order chi connectivity index (χ0) is 20.0. The highest BCUT2D eigenvalue weighted by Crippen LogP contribution is 2.21. The fourth-order valence-corrected chi connectivity index (χ4v) is 5.86. The molecular formula is C20H27N3O3S2. The summed E-state index contributed by atoms with van der Waals surface area (Å²) in [5, 5.41) is 4.82. The molecule has 0 spiro atoms. The number of nitrogens with zero attached hydrogens (tertiary/aromatic N) is 2. The molecule has 0 radical (unpaired) electrons. The van der Waals surface area contributed by atoms with Gasteiger partial charge < -0.3 is 5.32 Å². The summed E-state index contributed by atoms with van der Waals surface area (Å²) in [6.45, 7) is 4.29. The Morgan fingerprint density at radius 3 is 2.46 bits per heavy atom. The van der Waals surface area contributed by atoms with E-state index >= 15 is 0 Å². The summed E-state index contributed by atoms with van der Waals surface area (Å²) in [6.07, 6.45) is 1.82. The zero-order valence-electron chi connectivity index (χ0n) is 16.1. The molecule has 1 fully saturated rings. The number of hydrogen-bond acceptors (Lipinski definition) is 5. The number of rotatable bonds is 8. The van der Waals surface area contributed by atoms with E-state index in [-0.39, 0.29) is 11.9 Å². The molecule has 1 aliphatic rings. The molecule has 2 aromatic rings. The normalized spacial score (nSPS) is 17.3. The van der Waals surface area contributed by atoms with Crippen LogP contribution in [0.1, 0.15) is 18.9 Å². The van der Waals surface area contributed by atoms with Crippen molar-refractivity contribution in [2.75, 3.05) is 32.7 Å². The Morgan fingerprint density at radius 1 is 1.11 bits per heavy atom. The quantitative estimate of drug-likeness (QED) is 0.709. The predicted molar refractivity (Wildman–Crippen MR) is 112 cm³/mol. The van der Waals surface area contributed by atoms with Crippen LogP contribution in [0.5, 0.6) is 0 Å². The third kappa shape index (κ3) is 5.64. The van der Waals surface area contributed by atoms with Crippen LogP contribution in [0.2, 0.25) is 0 Å². The van der Waals surface area contributed by atoms with E-state index in [1.807, 2.05) is 30.0 Å². The lowest BCUT2D eigenvalue weighted by molar-refractivity contribution is -0.123. The molecule has 6 nitrogen and oxygen atoms in total. The number of benzene rings is 1. The standard InChI is InChI=1S/C20H27N3O3S2/c1-17(9-10-18-6-3-2-4-7-18)21-19(24)16-22-11-13-23(14-12-22)28(25,26)20-8-5-15-27-20/h2-8,15,17H,9-14,16H2,1H3,(H,21,24)/t17-/m1/s1. The summed E-state index contributed by atoms with van der Waals surface area (Å²) in [5.74, 6) is -0.00451. The zero-order valence-corrected chi connectivity index (χ0v) is 17.7. The third-order valence-corrected chi connectivity index (χ3v) is 8.18. The van der Waals surface area contributed by atoms with Gasteiger partial charge in [0.25, 0.3) is 10.0 Å². The first-order valence-corrected chi connectivity index (χ1v) is 11.9. The SMILES string of the molecule is C[C@H](CCc1ccccc1)NC(=O)CN1CCN(S(=O)(=O)c2cccs2)CC1. The van der Waals surface area contributed by atoms with E-state index in [9.17, 15) is 13.2 Å². The second kappa shape index (κ2) is 9.65. The second-order valence-electron chi connectivity index (χ2n) is 7.11. The maximum absolute atomic E-state index is 12.6. The van der Waals surface area contributed by atoms with Crippen LogP contribution >= 0.6 is 11.3 Å². The van der Waals surface area contributed by atoms with Gasteiger partial charge in [-0.25, -0.2) is 8.42 Å². The molecule has 3 rings (SSSR count). The van der Waals surface area contributed by atoms with Crippen molar-refractivity contribution in [3.8, 4) is 0 Å². The molecule has 0 bridgehead atoms. The minimum atomic E-state index is -3.40. The molecule has 1 saturated heterocycles. The van der Waals surface area contributed by atoms with E-state index in [0.717, 1.165) is 12.8 Å². The number of amides is 1. The number of carbonyl (C=O) groups is 1. The van der Waals surface area contributed by atoms with Crippen LogP contribution in [0.4, 0.5) is 0 Å². The van der Waals surface area contributed by atoms with Crippen molar-refractivity contribution in [2.24, 2.45) is 0 Å². The van der Waals surface area contributed by atoms with E-state index in [0.29, 0.717) is 36.9 Å². The molecule has 1 aromatic heterocycles. The molecule has 0 unspecified atom stereocenters. The van der Waals surface area contributed by atoms with Crippen molar-refractivity contribution < 1.29 is 13.2 Å². The smallest absolute Gasteiger partial charge is 0.252 e. The summed E-state index contributed by atoms with van der Waals surface area (Å²) in [7, 11) is -3.40. The maximum Gasteiger partial charge on any atom is 0.252 e. The van der Waals surface area contributed by atoms with Gasteiger partial charge in [0.1, 0.15) is 4.21 Å². The lowest BCUT2D eigenvalue weighted by Gasteiger charge is -2.33. The van der Waals surface area contributed by atoms with Gasteiger partial charge in [-0.3, -0.25) is 9.69 Å². The minimum absolute atomic E-state index is 0.00451. The van der Waals surface area contributed by atoms with Gasteiger partial charge in [0.05, 0.1) is 6.54 Å². The highest BCUT2D eigenvalue weighted by atomic mass is 32.2. The average molecular weight is 422 g/mol. The van der Waals surface area contributed by atoms with Crippen LogP contribution in [0.25, 0.3) is 0 Å². The second-order valence-corrected chi connectivity index (χ2v) is 10.2. The highest BCUT2D eigenvalue weighted by molar-refractivity contribution is 7.91. The van der Waals surface area contributed by atoms with Crippen molar-refractivity contribution in [1.82, 2.24) is 14.5 Å².